The summed E-state index contributed by atoms with van der Waals surface area (Å²) in [6, 6.07) is 15.1. The lowest BCUT2D eigenvalue weighted by atomic mass is 10.0. The van der Waals surface area contributed by atoms with Crippen LogP contribution in [0.5, 0.6) is 0 Å². The van der Waals surface area contributed by atoms with E-state index in [-0.39, 0.29) is 0 Å². The van der Waals surface area contributed by atoms with Crippen molar-refractivity contribution in [3.05, 3.63) is 64.8 Å². The Labute approximate surface area is 160 Å². The second kappa shape index (κ2) is 7.12. The molecule has 3 nitrogen and oxygen atoms in total. The Bertz CT molecular complexity index is 935. The van der Waals surface area contributed by atoms with E-state index in [1.807, 2.05) is 0 Å². The summed E-state index contributed by atoms with van der Waals surface area (Å²) < 4.78 is 0. The lowest BCUT2D eigenvalue weighted by molar-refractivity contribution is 0.396. The molecule has 2 heterocycles. The average Bonchev–Trinajstić information content (AvgIpc) is 3.05. The molecular weight excluding hydrogens is 338 g/mol. The van der Waals surface area contributed by atoms with Gasteiger partial charge in [0.15, 0.2) is 5.11 Å². The standard InChI is InChI=1S/C22H25N3S/c1-3-15-8-7-9-16(4-2)21(15)24-22(26)25-13-12-18-17-10-5-6-11-19(17)23-20(18)14-25/h5-11,23H,3-4,12-14H2,1-2H3,(H,24,26). The van der Waals surface area contributed by atoms with Crippen molar-refractivity contribution in [2.24, 2.45) is 0 Å². The molecule has 2 aromatic carbocycles. The number of thiocarbonyl (C=S) groups is 1. The Morgan fingerprint density at radius 3 is 2.54 bits per heavy atom. The second-order valence-electron chi connectivity index (χ2n) is 6.89. The fourth-order valence-electron chi connectivity index (χ4n) is 3.96. The van der Waals surface area contributed by atoms with Gasteiger partial charge in [0.25, 0.3) is 0 Å². The summed E-state index contributed by atoms with van der Waals surface area (Å²) in [6.07, 6.45) is 3.03. The molecule has 4 rings (SSSR count). The van der Waals surface area contributed by atoms with E-state index in [4.69, 9.17) is 12.2 Å². The van der Waals surface area contributed by atoms with E-state index in [1.165, 1.54) is 39.0 Å². The number of aryl methyl sites for hydroxylation is 2. The summed E-state index contributed by atoms with van der Waals surface area (Å²) in [6.45, 7) is 6.18. The van der Waals surface area contributed by atoms with Gasteiger partial charge in [-0.1, -0.05) is 50.2 Å². The maximum absolute atomic E-state index is 5.78. The van der Waals surface area contributed by atoms with Gasteiger partial charge in [0.05, 0.1) is 6.54 Å². The molecule has 0 amide bonds. The zero-order chi connectivity index (χ0) is 18.1. The first kappa shape index (κ1) is 17.1. The molecule has 4 heteroatoms. The first-order valence-corrected chi connectivity index (χ1v) is 9.87. The summed E-state index contributed by atoms with van der Waals surface area (Å²) in [7, 11) is 0. The van der Waals surface area contributed by atoms with Gasteiger partial charge in [-0.3, -0.25) is 0 Å². The van der Waals surface area contributed by atoms with Crippen LogP contribution in [0.1, 0.15) is 36.2 Å². The van der Waals surface area contributed by atoms with Gasteiger partial charge in [-0.25, -0.2) is 0 Å². The Hall–Kier alpha value is -2.33. The minimum absolute atomic E-state index is 0.824. The normalized spacial score (nSPS) is 13.7. The molecule has 0 fully saturated rings. The van der Waals surface area contributed by atoms with Crippen molar-refractivity contribution in [3.8, 4) is 0 Å². The number of benzene rings is 2. The fourth-order valence-corrected chi connectivity index (χ4v) is 4.21. The molecule has 3 aromatic rings. The molecule has 0 aliphatic carbocycles. The molecule has 0 atom stereocenters. The Kier molecular flexibility index (Phi) is 4.68. The molecule has 1 aliphatic heterocycles. The van der Waals surface area contributed by atoms with E-state index in [0.29, 0.717) is 0 Å². The van der Waals surface area contributed by atoms with Crippen LogP contribution in [0.25, 0.3) is 10.9 Å². The van der Waals surface area contributed by atoms with Gasteiger partial charge in [-0.05, 0) is 54.2 Å². The van der Waals surface area contributed by atoms with Crippen molar-refractivity contribution >= 4 is 33.9 Å². The monoisotopic (exact) mass is 363 g/mol. The molecule has 2 N–H and O–H groups in total. The molecule has 0 radical (unpaired) electrons. The highest BCUT2D eigenvalue weighted by atomic mass is 32.1. The number of H-pyrrole nitrogens is 1. The van der Waals surface area contributed by atoms with E-state index >= 15 is 0 Å². The van der Waals surface area contributed by atoms with Crippen LogP contribution < -0.4 is 5.32 Å². The lowest BCUT2D eigenvalue weighted by Crippen LogP contribution is -2.39. The zero-order valence-electron chi connectivity index (χ0n) is 15.4. The van der Waals surface area contributed by atoms with Crippen LogP contribution in [0.2, 0.25) is 0 Å². The van der Waals surface area contributed by atoms with Crippen LogP contribution in [-0.4, -0.2) is 21.5 Å². The smallest absolute Gasteiger partial charge is 0.173 e. The van der Waals surface area contributed by atoms with Crippen LogP contribution in [0.3, 0.4) is 0 Å². The molecule has 26 heavy (non-hydrogen) atoms. The van der Waals surface area contributed by atoms with E-state index in [2.05, 4.69) is 71.5 Å². The van der Waals surface area contributed by atoms with Crippen molar-refractivity contribution in [1.29, 1.82) is 0 Å². The van der Waals surface area contributed by atoms with Gasteiger partial charge in [0.2, 0.25) is 0 Å². The van der Waals surface area contributed by atoms with Crippen LogP contribution in [0.4, 0.5) is 5.69 Å². The summed E-state index contributed by atoms with van der Waals surface area (Å²) in [5, 5.41) is 5.74. The maximum atomic E-state index is 5.78. The van der Waals surface area contributed by atoms with Gasteiger partial charge in [0.1, 0.15) is 0 Å². The van der Waals surface area contributed by atoms with Gasteiger partial charge >= 0.3 is 0 Å². The van der Waals surface area contributed by atoms with Gasteiger partial charge in [-0.2, -0.15) is 0 Å². The predicted octanol–water partition coefficient (Wildman–Crippen LogP) is 5.05. The summed E-state index contributed by atoms with van der Waals surface area (Å²) in [5.74, 6) is 0. The largest absolute Gasteiger partial charge is 0.357 e. The number of nitrogens with zero attached hydrogens (tertiary/aromatic N) is 1. The van der Waals surface area contributed by atoms with E-state index < -0.39 is 0 Å². The van der Waals surface area contributed by atoms with Gasteiger partial charge in [-0.15, -0.1) is 0 Å². The molecule has 1 aliphatic rings. The number of hydrogen-bond donors (Lipinski definition) is 2. The summed E-state index contributed by atoms with van der Waals surface area (Å²) in [5.41, 5.74) is 7.82. The van der Waals surface area contributed by atoms with Crippen LogP contribution in [0, 0.1) is 0 Å². The van der Waals surface area contributed by atoms with Gasteiger partial charge < -0.3 is 15.2 Å². The number of aromatic amines is 1. The molecule has 134 valence electrons. The topological polar surface area (TPSA) is 31.1 Å². The second-order valence-corrected chi connectivity index (χ2v) is 7.27. The van der Waals surface area contributed by atoms with Crippen molar-refractivity contribution in [2.45, 2.75) is 39.7 Å². The highest BCUT2D eigenvalue weighted by Crippen LogP contribution is 2.28. The molecule has 0 saturated carbocycles. The molecule has 0 unspecified atom stereocenters. The first-order valence-electron chi connectivity index (χ1n) is 9.46. The first-order chi connectivity index (χ1) is 12.7. The van der Waals surface area contributed by atoms with Crippen molar-refractivity contribution in [2.75, 3.05) is 11.9 Å². The number of nitrogens with one attached hydrogen (secondary N) is 2. The molecular formula is C22H25N3S. The van der Waals surface area contributed by atoms with Crippen LogP contribution in [-0.2, 0) is 25.8 Å². The number of aromatic nitrogens is 1. The average molecular weight is 364 g/mol. The van der Waals surface area contributed by atoms with E-state index in [9.17, 15) is 0 Å². The molecule has 0 saturated heterocycles. The summed E-state index contributed by atoms with van der Waals surface area (Å²) in [4.78, 5) is 5.86. The highest BCUT2D eigenvalue weighted by molar-refractivity contribution is 7.80. The third kappa shape index (κ3) is 2.99. The zero-order valence-corrected chi connectivity index (χ0v) is 16.2. The fraction of sp³-hybridized carbons (Fsp3) is 0.318. The van der Waals surface area contributed by atoms with Crippen LogP contribution in [0.15, 0.2) is 42.5 Å². The number of hydrogen-bond acceptors (Lipinski definition) is 1. The van der Waals surface area contributed by atoms with Crippen molar-refractivity contribution in [1.82, 2.24) is 9.88 Å². The van der Waals surface area contributed by atoms with E-state index in [1.54, 1.807) is 0 Å². The van der Waals surface area contributed by atoms with Crippen molar-refractivity contribution < 1.29 is 0 Å². The maximum Gasteiger partial charge on any atom is 0.173 e. The quantitative estimate of drug-likeness (QED) is 0.639. The Balaban J connectivity index is 1.57. The minimum atomic E-state index is 0.824. The molecule has 0 spiro atoms. The number of rotatable bonds is 3. The van der Waals surface area contributed by atoms with Crippen molar-refractivity contribution in [3.63, 3.8) is 0 Å². The number of fused-ring (bicyclic) bond motifs is 3. The lowest BCUT2D eigenvalue weighted by Gasteiger charge is -2.30. The number of para-hydroxylation sites is 2. The van der Waals surface area contributed by atoms with E-state index in [0.717, 1.165) is 37.5 Å². The van der Waals surface area contributed by atoms with Crippen LogP contribution >= 0.6 is 12.2 Å². The summed E-state index contributed by atoms with van der Waals surface area (Å²) >= 11 is 5.78. The third-order valence-corrected chi connectivity index (χ3v) is 5.76. The Morgan fingerprint density at radius 2 is 1.81 bits per heavy atom. The Morgan fingerprint density at radius 1 is 1.08 bits per heavy atom. The number of anilines is 1. The molecule has 1 aromatic heterocycles. The molecule has 0 bridgehead atoms. The SMILES string of the molecule is CCc1cccc(CC)c1NC(=S)N1CCc2c([nH]c3ccccc23)C1. The minimum Gasteiger partial charge on any atom is -0.357 e. The predicted molar refractivity (Wildman–Crippen MR) is 114 cm³/mol. The third-order valence-electron chi connectivity index (χ3n) is 5.40. The van der Waals surface area contributed by atoms with Gasteiger partial charge in [0, 0.05) is 28.8 Å². The highest BCUT2D eigenvalue weighted by Gasteiger charge is 2.22.